The maximum Gasteiger partial charge on any atom is 0.261 e. The Hall–Kier alpha value is -3.03. The lowest BCUT2D eigenvalue weighted by molar-refractivity contribution is 0.326. The monoisotopic (exact) mass is 386 g/mol. The summed E-state index contributed by atoms with van der Waals surface area (Å²) in [6, 6.07) is 1.89. The van der Waals surface area contributed by atoms with Gasteiger partial charge in [0.05, 0.1) is 45.3 Å². The highest BCUT2D eigenvalue weighted by molar-refractivity contribution is 5.89. The fourth-order valence-electron chi connectivity index (χ4n) is 3.48. The van der Waals surface area contributed by atoms with Gasteiger partial charge in [-0.3, -0.25) is 14.0 Å². The van der Waals surface area contributed by atoms with Gasteiger partial charge in [-0.25, -0.2) is 4.98 Å². The summed E-state index contributed by atoms with van der Waals surface area (Å²) in [6.45, 7) is 8.53. The minimum Gasteiger partial charge on any atom is -0.493 e. The Labute approximate surface area is 163 Å². The smallest absolute Gasteiger partial charge is 0.261 e. The molecule has 0 radical (unpaired) electrons. The number of rotatable bonds is 6. The molecule has 0 aliphatic rings. The van der Waals surface area contributed by atoms with Crippen molar-refractivity contribution in [3.8, 4) is 17.2 Å². The summed E-state index contributed by atoms with van der Waals surface area (Å²) in [4.78, 5) is 17.6. The van der Waals surface area contributed by atoms with Crippen LogP contribution in [0.5, 0.6) is 17.2 Å². The van der Waals surface area contributed by atoms with Crippen molar-refractivity contribution in [1.82, 2.24) is 19.3 Å². The van der Waals surface area contributed by atoms with E-state index in [-0.39, 0.29) is 11.6 Å². The van der Waals surface area contributed by atoms with Crippen molar-refractivity contribution in [3.05, 3.63) is 39.7 Å². The fraction of sp³-hybridized carbons (Fsp3) is 0.450. The number of aromatic nitrogens is 4. The molecule has 8 nitrogen and oxygen atoms in total. The van der Waals surface area contributed by atoms with Crippen LogP contribution in [0, 0.1) is 13.8 Å². The molecule has 3 aromatic rings. The number of fused-ring (bicyclic) bond motifs is 1. The summed E-state index contributed by atoms with van der Waals surface area (Å²) in [6.07, 6.45) is 1.53. The molecule has 0 atom stereocenters. The molecule has 1 aromatic carbocycles. The summed E-state index contributed by atoms with van der Waals surface area (Å²) in [5.74, 6) is 1.21. The highest BCUT2D eigenvalue weighted by Gasteiger charge is 2.20. The summed E-state index contributed by atoms with van der Waals surface area (Å²) in [5, 5.41) is 5.01. The lowest BCUT2D eigenvalue weighted by Gasteiger charge is -2.15. The van der Waals surface area contributed by atoms with Crippen molar-refractivity contribution in [2.45, 2.75) is 40.3 Å². The van der Waals surface area contributed by atoms with Gasteiger partial charge in [0.25, 0.3) is 5.56 Å². The van der Waals surface area contributed by atoms with Crippen LogP contribution in [0.25, 0.3) is 10.9 Å². The quantitative estimate of drug-likeness (QED) is 0.648. The second-order valence-corrected chi connectivity index (χ2v) is 6.91. The number of ether oxygens (including phenoxy) is 3. The van der Waals surface area contributed by atoms with Gasteiger partial charge in [0.1, 0.15) is 5.52 Å². The van der Waals surface area contributed by atoms with Crippen molar-refractivity contribution in [2.75, 3.05) is 21.3 Å². The molecular formula is C20H26N4O4. The third-order valence-electron chi connectivity index (χ3n) is 4.91. The van der Waals surface area contributed by atoms with Gasteiger partial charge in [0.2, 0.25) is 5.75 Å². The molecule has 0 bridgehead atoms. The van der Waals surface area contributed by atoms with E-state index < -0.39 is 0 Å². The highest BCUT2D eigenvalue weighted by atomic mass is 16.5. The van der Waals surface area contributed by atoms with E-state index in [1.807, 2.05) is 18.5 Å². The molecule has 0 amide bonds. The molecule has 0 unspecified atom stereocenters. The van der Waals surface area contributed by atoms with Gasteiger partial charge >= 0.3 is 0 Å². The molecule has 8 heteroatoms. The Morgan fingerprint density at radius 1 is 1.07 bits per heavy atom. The molecule has 0 fully saturated rings. The van der Waals surface area contributed by atoms with Gasteiger partial charge < -0.3 is 14.2 Å². The first kappa shape index (κ1) is 19.7. The summed E-state index contributed by atoms with van der Waals surface area (Å²) in [5.41, 5.74) is 3.23. The molecule has 0 N–H and O–H groups in total. The largest absolute Gasteiger partial charge is 0.493 e. The number of hydrogen-bond acceptors (Lipinski definition) is 6. The molecule has 0 saturated heterocycles. The number of nitrogens with zero attached hydrogens (tertiary/aromatic N) is 4. The normalized spacial score (nSPS) is 11.3. The molecule has 150 valence electrons. The van der Waals surface area contributed by atoms with Crippen molar-refractivity contribution >= 4 is 10.9 Å². The predicted octanol–water partition coefficient (Wildman–Crippen LogP) is 2.86. The second-order valence-electron chi connectivity index (χ2n) is 6.91. The van der Waals surface area contributed by atoms with Gasteiger partial charge in [-0.2, -0.15) is 5.10 Å². The van der Waals surface area contributed by atoms with E-state index in [1.165, 1.54) is 27.7 Å². The molecule has 28 heavy (non-hydrogen) atoms. The van der Waals surface area contributed by atoms with E-state index in [2.05, 4.69) is 23.9 Å². The fourth-order valence-corrected chi connectivity index (χ4v) is 3.48. The van der Waals surface area contributed by atoms with Crippen LogP contribution >= 0.6 is 0 Å². The first-order chi connectivity index (χ1) is 13.3. The van der Waals surface area contributed by atoms with Crippen LogP contribution in [0.15, 0.2) is 17.2 Å². The van der Waals surface area contributed by atoms with Crippen LogP contribution in [-0.2, 0) is 6.54 Å². The summed E-state index contributed by atoms with van der Waals surface area (Å²) in [7, 11) is 4.55. The summed E-state index contributed by atoms with van der Waals surface area (Å²) >= 11 is 0. The molecule has 0 spiro atoms. The molecule has 2 aromatic heterocycles. The van der Waals surface area contributed by atoms with E-state index in [0.29, 0.717) is 34.7 Å². The summed E-state index contributed by atoms with van der Waals surface area (Å²) < 4.78 is 19.7. The van der Waals surface area contributed by atoms with Crippen LogP contribution < -0.4 is 19.8 Å². The molecular weight excluding hydrogens is 360 g/mol. The molecule has 0 aliphatic carbocycles. The third-order valence-corrected chi connectivity index (χ3v) is 4.91. The minimum absolute atomic E-state index is 0.180. The maximum atomic E-state index is 13.2. The third kappa shape index (κ3) is 3.08. The van der Waals surface area contributed by atoms with Crippen molar-refractivity contribution in [1.29, 1.82) is 0 Å². The van der Waals surface area contributed by atoms with Crippen LogP contribution in [0.2, 0.25) is 0 Å². The van der Waals surface area contributed by atoms with Gasteiger partial charge in [-0.1, -0.05) is 0 Å². The zero-order valence-corrected chi connectivity index (χ0v) is 17.4. The average Bonchev–Trinajstić information content (AvgIpc) is 2.96. The van der Waals surface area contributed by atoms with Crippen molar-refractivity contribution < 1.29 is 14.2 Å². The molecule has 0 aliphatic heterocycles. The number of methoxy groups -OCH3 is 3. The second kappa shape index (κ2) is 7.53. The Bertz CT molecular complexity index is 1080. The Kier molecular flexibility index (Phi) is 5.31. The van der Waals surface area contributed by atoms with Crippen molar-refractivity contribution in [3.63, 3.8) is 0 Å². The lowest BCUT2D eigenvalue weighted by Crippen LogP contribution is -2.22. The Balaban J connectivity index is 2.18. The van der Waals surface area contributed by atoms with Crippen molar-refractivity contribution in [2.24, 2.45) is 0 Å². The zero-order chi connectivity index (χ0) is 20.6. The van der Waals surface area contributed by atoms with E-state index in [4.69, 9.17) is 14.2 Å². The molecule has 3 rings (SSSR count). The standard InChI is InChI=1S/C20H26N4O4/c1-11(2)24-13(4)15(12(3)22-24)9-23-10-21-17-14(20(23)25)8-16(26-5)18(27-6)19(17)28-7/h8,10-11H,9H2,1-7H3. The number of aryl methyl sites for hydroxylation is 1. The van der Waals surface area contributed by atoms with Crippen LogP contribution in [0.1, 0.15) is 36.8 Å². The lowest BCUT2D eigenvalue weighted by atomic mass is 10.1. The minimum atomic E-state index is -0.180. The molecule has 0 saturated carbocycles. The van der Waals surface area contributed by atoms with Crippen LogP contribution in [0.3, 0.4) is 0 Å². The van der Waals surface area contributed by atoms with Gasteiger partial charge in [0.15, 0.2) is 11.5 Å². The van der Waals surface area contributed by atoms with E-state index in [1.54, 1.807) is 10.6 Å². The van der Waals surface area contributed by atoms with Gasteiger partial charge in [-0.05, 0) is 33.8 Å². The van der Waals surface area contributed by atoms with Gasteiger partial charge in [0, 0.05) is 17.3 Å². The van der Waals surface area contributed by atoms with Crippen LogP contribution in [0.4, 0.5) is 0 Å². The van der Waals surface area contributed by atoms with E-state index in [9.17, 15) is 4.79 Å². The predicted molar refractivity (Wildman–Crippen MR) is 107 cm³/mol. The zero-order valence-electron chi connectivity index (χ0n) is 17.4. The SMILES string of the molecule is COc1cc2c(=O)n(Cc3c(C)nn(C(C)C)c3C)cnc2c(OC)c1OC. The number of hydrogen-bond donors (Lipinski definition) is 0. The Morgan fingerprint density at radius 3 is 2.29 bits per heavy atom. The maximum absolute atomic E-state index is 13.2. The Morgan fingerprint density at radius 2 is 1.75 bits per heavy atom. The van der Waals surface area contributed by atoms with E-state index in [0.717, 1.165) is 17.0 Å². The average molecular weight is 386 g/mol. The topological polar surface area (TPSA) is 80.4 Å². The van der Waals surface area contributed by atoms with E-state index >= 15 is 0 Å². The first-order valence-corrected chi connectivity index (χ1v) is 9.06. The van der Waals surface area contributed by atoms with Crippen LogP contribution in [-0.4, -0.2) is 40.7 Å². The highest BCUT2D eigenvalue weighted by Crippen LogP contribution is 2.41. The molecule has 2 heterocycles. The number of benzene rings is 1. The first-order valence-electron chi connectivity index (χ1n) is 9.06. The van der Waals surface area contributed by atoms with Gasteiger partial charge in [-0.15, -0.1) is 0 Å².